The van der Waals surface area contributed by atoms with Gasteiger partial charge in [-0.3, -0.25) is 4.98 Å². The minimum atomic E-state index is -4.45. The van der Waals surface area contributed by atoms with Gasteiger partial charge in [0.05, 0.1) is 11.1 Å². The number of aromatic nitrogens is 1. The van der Waals surface area contributed by atoms with Crippen LogP contribution in [0, 0.1) is 0 Å². The Labute approximate surface area is 188 Å². The number of alkyl halides is 3. The van der Waals surface area contributed by atoms with Crippen molar-refractivity contribution < 1.29 is 18.0 Å². The maximum atomic E-state index is 12.8. The van der Waals surface area contributed by atoms with Crippen molar-refractivity contribution in [2.45, 2.75) is 43.9 Å². The van der Waals surface area contributed by atoms with E-state index in [0.29, 0.717) is 5.02 Å². The molecule has 3 N–H and O–H groups in total. The van der Waals surface area contributed by atoms with Crippen molar-refractivity contribution in [3.8, 4) is 0 Å². The van der Waals surface area contributed by atoms with Crippen LogP contribution in [0.5, 0.6) is 0 Å². The molecule has 32 heavy (non-hydrogen) atoms. The number of nitrogens with zero attached hydrogens (tertiary/aromatic N) is 1. The molecule has 4 rings (SSSR count). The number of urea groups is 1. The quantitative estimate of drug-likeness (QED) is 0.417. The smallest absolute Gasteiger partial charge is 0.382 e. The molecule has 0 radical (unpaired) electrons. The number of anilines is 2. The minimum Gasteiger partial charge on any atom is -0.382 e. The van der Waals surface area contributed by atoms with Crippen molar-refractivity contribution in [3.63, 3.8) is 0 Å². The lowest BCUT2D eigenvalue weighted by molar-refractivity contribution is -0.137. The van der Waals surface area contributed by atoms with E-state index < -0.39 is 17.8 Å². The van der Waals surface area contributed by atoms with Crippen LogP contribution in [0.25, 0.3) is 10.9 Å². The number of rotatable bonds is 4. The Morgan fingerprint density at radius 1 is 1.00 bits per heavy atom. The van der Waals surface area contributed by atoms with E-state index >= 15 is 0 Å². The molecule has 1 aliphatic carbocycles. The average Bonchev–Trinajstić information content (AvgIpc) is 2.74. The molecule has 168 valence electrons. The van der Waals surface area contributed by atoms with Gasteiger partial charge in [0.2, 0.25) is 0 Å². The first kappa shape index (κ1) is 22.2. The van der Waals surface area contributed by atoms with Gasteiger partial charge in [0.1, 0.15) is 0 Å². The summed E-state index contributed by atoms with van der Waals surface area (Å²) in [7, 11) is 0. The van der Waals surface area contributed by atoms with Crippen LogP contribution in [0.4, 0.5) is 29.3 Å². The molecular weight excluding hydrogens is 441 g/mol. The van der Waals surface area contributed by atoms with E-state index in [2.05, 4.69) is 20.9 Å². The zero-order chi connectivity index (χ0) is 22.7. The van der Waals surface area contributed by atoms with Crippen molar-refractivity contribution in [1.29, 1.82) is 0 Å². The van der Waals surface area contributed by atoms with Crippen molar-refractivity contribution in [2.75, 3.05) is 10.6 Å². The first-order valence-corrected chi connectivity index (χ1v) is 10.7. The second-order valence-corrected chi connectivity index (χ2v) is 8.33. The molecule has 2 aromatic carbocycles. The molecule has 2 amide bonds. The SMILES string of the molecule is O=C(Nc1cccc(C(F)(F)F)c1)NC1CCC(Nc2ccnc3cc(Cl)ccc23)CC1. The van der Waals surface area contributed by atoms with Gasteiger partial charge in [0.15, 0.2) is 0 Å². The van der Waals surface area contributed by atoms with Crippen LogP contribution in [0.2, 0.25) is 5.02 Å². The van der Waals surface area contributed by atoms with Gasteiger partial charge >= 0.3 is 12.2 Å². The number of benzene rings is 2. The number of carbonyl (C=O) groups excluding carboxylic acids is 1. The zero-order valence-corrected chi connectivity index (χ0v) is 17.8. The molecule has 1 saturated carbocycles. The van der Waals surface area contributed by atoms with Gasteiger partial charge in [-0.15, -0.1) is 0 Å². The topological polar surface area (TPSA) is 66.1 Å². The number of fused-ring (bicyclic) bond motifs is 1. The van der Waals surface area contributed by atoms with Gasteiger partial charge in [-0.25, -0.2) is 4.79 Å². The zero-order valence-electron chi connectivity index (χ0n) is 17.0. The average molecular weight is 463 g/mol. The van der Waals surface area contributed by atoms with E-state index in [-0.39, 0.29) is 17.8 Å². The van der Waals surface area contributed by atoms with Crippen LogP contribution in [0.1, 0.15) is 31.2 Å². The van der Waals surface area contributed by atoms with Gasteiger partial charge < -0.3 is 16.0 Å². The Balaban J connectivity index is 1.29. The van der Waals surface area contributed by atoms with Crippen LogP contribution < -0.4 is 16.0 Å². The molecule has 3 aromatic rings. The third-order valence-corrected chi connectivity index (χ3v) is 5.81. The number of pyridine rings is 1. The molecule has 1 aliphatic rings. The Morgan fingerprint density at radius 3 is 2.50 bits per heavy atom. The van der Waals surface area contributed by atoms with E-state index in [0.717, 1.165) is 54.4 Å². The van der Waals surface area contributed by atoms with E-state index in [1.165, 1.54) is 12.1 Å². The standard InChI is InChI=1S/C23H22ClF3N4O/c24-15-4-9-19-20(10-11-28-21(19)13-15)29-16-5-7-17(8-6-16)30-22(32)31-18-3-1-2-14(12-18)23(25,26)27/h1-4,9-13,16-17H,5-8H2,(H,28,29)(H2,30,31,32). The van der Waals surface area contributed by atoms with Gasteiger partial charge in [-0.05, 0) is 68.1 Å². The molecule has 0 unspecified atom stereocenters. The Morgan fingerprint density at radius 2 is 1.75 bits per heavy atom. The van der Waals surface area contributed by atoms with Crippen molar-refractivity contribution in [3.05, 3.63) is 65.3 Å². The largest absolute Gasteiger partial charge is 0.416 e. The molecular formula is C23H22ClF3N4O. The lowest BCUT2D eigenvalue weighted by Gasteiger charge is -2.30. The Hall–Kier alpha value is -3.00. The first-order chi connectivity index (χ1) is 15.3. The fourth-order valence-electron chi connectivity index (χ4n) is 3.97. The van der Waals surface area contributed by atoms with E-state index in [4.69, 9.17) is 11.6 Å². The summed E-state index contributed by atoms with van der Waals surface area (Å²) < 4.78 is 38.5. The monoisotopic (exact) mass is 462 g/mol. The fraction of sp³-hybridized carbons (Fsp3) is 0.304. The lowest BCUT2D eigenvalue weighted by Crippen LogP contribution is -2.42. The van der Waals surface area contributed by atoms with Gasteiger partial charge in [-0.2, -0.15) is 13.2 Å². The summed E-state index contributed by atoms with van der Waals surface area (Å²) in [6, 6.07) is 11.8. The summed E-state index contributed by atoms with van der Waals surface area (Å²) in [5, 5.41) is 10.5. The molecule has 0 bridgehead atoms. The van der Waals surface area contributed by atoms with Crippen LogP contribution >= 0.6 is 11.6 Å². The van der Waals surface area contributed by atoms with Crippen LogP contribution in [0.3, 0.4) is 0 Å². The molecule has 0 saturated heterocycles. The minimum absolute atomic E-state index is 0.0353. The normalized spacial score (nSPS) is 18.9. The summed E-state index contributed by atoms with van der Waals surface area (Å²) in [5.74, 6) is 0. The third-order valence-electron chi connectivity index (χ3n) is 5.57. The molecule has 1 fully saturated rings. The second kappa shape index (κ2) is 9.24. The van der Waals surface area contributed by atoms with Crippen LogP contribution in [-0.4, -0.2) is 23.1 Å². The van der Waals surface area contributed by atoms with Gasteiger partial charge in [-0.1, -0.05) is 17.7 Å². The Bertz CT molecular complexity index is 1110. The number of carbonyl (C=O) groups is 1. The summed E-state index contributed by atoms with van der Waals surface area (Å²) in [6.07, 6.45) is 0.529. The predicted octanol–water partition coefficient (Wildman–Crippen LogP) is 6.45. The molecule has 9 heteroatoms. The highest BCUT2D eigenvalue weighted by Gasteiger charge is 2.30. The number of nitrogens with one attached hydrogen (secondary N) is 3. The van der Waals surface area contributed by atoms with E-state index in [9.17, 15) is 18.0 Å². The fourth-order valence-corrected chi connectivity index (χ4v) is 4.14. The number of hydrogen-bond acceptors (Lipinski definition) is 3. The summed E-state index contributed by atoms with van der Waals surface area (Å²) >= 11 is 6.05. The molecule has 1 aromatic heterocycles. The summed E-state index contributed by atoms with van der Waals surface area (Å²) in [5.41, 5.74) is 1.12. The Kier molecular flexibility index (Phi) is 6.41. The highest BCUT2D eigenvalue weighted by atomic mass is 35.5. The molecule has 0 atom stereocenters. The van der Waals surface area contributed by atoms with Gasteiger partial charge in [0.25, 0.3) is 0 Å². The van der Waals surface area contributed by atoms with E-state index in [1.807, 2.05) is 24.3 Å². The third kappa shape index (κ3) is 5.43. The first-order valence-electron chi connectivity index (χ1n) is 10.3. The molecule has 0 aliphatic heterocycles. The molecule has 5 nitrogen and oxygen atoms in total. The molecule has 1 heterocycles. The highest BCUT2D eigenvalue weighted by Crippen LogP contribution is 2.31. The number of hydrogen-bond donors (Lipinski definition) is 3. The number of halogens is 4. The maximum absolute atomic E-state index is 12.8. The van der Waals surface area contributed by atoms with Crippen LogP contribution in [0.15, 0.2) is 54.7 Å². The van der Waals surface area contributed by atoms with Gasteiger partial charge in [0, 0.05) is 40.1 Å². The van der Waals surface area contributed by atoms with Crippen molar-refractivity contribution in [2.24, 2.45) is 0 Å². The second-order valence-electron chi connectivity index (χ2n) is 7.89. The highest BCUT2D eigenvalue weighted by molar-refractivity contribution is 6.31. The molecule has 0 spiro atoms. The maximum Gasteiger partial charge on any atom is 0.416 e. The summed E-state index contributed by atoms with van der Waals surface area (Å²) in [6.45, 7) is 0. The lowest BCUT2D eigenvalue weighted by atomic mass is 9.91. The summed E-state index contributed by atoms with van der Waals surface area (Å²) in [4.78, 5) is 16.6. The van der Waals surface area contributed by atoms with Crippen molar-refractivity contribution >= 4 is 39.9 Å². The van der Waals surface area contributed by atoms with Crippen LogP contribution in [-0.2, 0) is 6.18 Å². The van der Waals surface area contributed by atoms with E-state index in [1.54, 1.807) is 6.20 Å². The number of amides is 2. The predicted molar refractivity (Wildman–Crippen MR) is 120 cm³/mol. The van der Waals surface area contributed by atoms with Crippen molar-refractivity contribution in [1.82, 2.24) is 10.3 Å².